The number of benzene rings is 2. The van der Waals surface area contributed by atoms with Crippen molar-refractivity contribution in [3.05, 3.63) is 54.1 Å². The first kappa shape index (κ1) is 14.7. The van der Waals surface area contributed by atoms with Gasteiger partial charge in [0.2, 0.25) is 0 Å². The summed E-state index contributed by atoms with van der Waals surface area (Å²) < 4.78 is 5.41. The van der Waals surface area contributed by atoms with Gasteiger partial charge in [-0.15, -0.1) is 0 Å². The highest BCUT2D eigenvalue weighted by Crippen LogP contribution is 2.14. The van der Waals surface area contributed by atoms with Gasteiger partial charge in [-0.05, 0) is 42.0 Å². The second-order valence-corrected chi connectivity index (χ2v) is 4.78. The molecule has 0 saturated heterocycles. The maximum Gasteiger partial charge on any atom is 0.260 e. The van der Waals surface area contributed by atoms with Gasteiger partial charge in [-0.3, -0.25) is 4.79 Å². The third-order valence-corrected chi connectivity index (χ3v) is 3.00. The van der Waals surface area contributed by atoms with Gasteiger partial charge in [0.05, 0.1) is 0 Å². The number of nitrogens with zero attached hydrogens (tertiary/aromatic N) is 1. The number of carbonyl (C=O) groups is 1. The summed E-state index contributed by atoms with van der Waals surface area (Å²) in [6.45, 7) is 0.373. The van der Waals surface area contributed by atoms with Crippen LogP contribution in [-0.2, 0) is 11.3 Å². The van der Waals surface area contributed by atoms with E-state index in [1.165, 1.54) is 0 Å². The number of anilines is 1. The van der Waals surface area contributed by atoms with Crippen molar-refractivity contribution in [2.45, 2.75) is 6.54 Å². The van der Waals surface area contributed by atoms with Gasteiger partial charge in [0.15, 0.2) is 6.61 Å². The number of nitrogen functional groups attached to an aromatic ring is 1. The Bertz CT molecular complexity index is 611. The van der Waals surface area contributed by atoms with Crippen molar-refractivity contribution < 1.29 is 14.6 Å². The summed E-state index contributed by atoms with van der Waals surface area (Å²) in [5, 5.41) is 9.40. The van der Waals surface area contributed by atoms with Crippen LogP contribution in [0.15, 0.2) is 48.5 Å². The van der Waals surface area contributed by atoms with E-state index in [-0.39, 0.29) is 18.3 Å². The lowest BCUT2D eigenvalue weighted by atomic mass is 10.2. The fourth-order valence-corrected chi connectivity index (χ4v) is 1.84. The minimum atomic E-state index is -0.143. The van der Waals surface area contributed by atoms with E-state index >= 15 is 0 Å². The molecule has 1 amide bonds. The zero-order chi connectivity index (χ0) is 15.2. The lowest BCUT2D eigenvalue weighted by molar-refractivity contribution is -0.132. The normalized spacial score (nSPS) is 10.1. The zero-order valence-corrected chi connectivity index (χ0v) is 11.8. The van der Waals surface area contributed by atoms with Crippen molar-refractivity contribution in [2.75, 3.05) is 19.4 Å². The first-order valence-corrected chi connectivity index (χ1v) is 6.55. The minimum Gasteiger partial charge on any atom is -0.508 e. The van der Waals surface area contributed by atoms with Gasteiger partial charge in [-0.2, -0.15) is 0 Å². The van der Waals surface area contributed by atoms with Gasteiger partial charge >= 0.3 is 0 Å². The van der Waals surface area contributed by atoms with E-state index in [0.29, 0.717) is 18.0 Å². The van der Waals surface area contributed by atoms with Crippen molar-refractivity contribution in [3.8, 4) is 11.5 Å². The number of likely N-dealkylation sites (N-methyl/N-ethyl adjacent to an activating group) is 1. The molecule has 0 unspecified atom stereocenters. The van der Waals surface area contributed by atoms with Crippen LogP contribution < -0.4 is 10.5 Å². The number of phenolic OH excluding ortho intramolecular Hbond substituents is 1. The number of hydrogen-bond acceptors (Lipinski definition) is 4. The SMILES string of the molecule is CN(Cc1cccc(O)c1)C(=O)COc1ccc(N)cc1. The summed E-state index contributed by atoms with van der Waals surface area (Å²) in [7, 11) is 1.69. The molecule has 0 atom stereocenters. The van der Waals surface area contributed by atoms with Crippen LogP contribution in [-0.4, -0.2) is 29.6 Å². The van der Waals surface area contributed by atoms with E-state index in [4.69, 9.17) is 10.5 Å². The molecular formula is C16H18N2O3. The second kappa shape index (κ2) is 6.65. The highest BCUT2D eigenvalue weighted by molar-refractivity contribution is 5.77. The first-order valence-electron chi connectivity index (χ1n) is 6.55. The molecule has 0 bridgehead atoms. The molecule has 0 aliphatic carbocycles. The molecule has 0 aliphatic heterocycles. The number of aromatic hydroxyl groups is 1. The lowest BCUT2D eigenvalue weighted by Crippen LogP contribution is -2.30. The third kappa shape index (κ3) is 4.42. The highest BCUT2D eigenvalue weighted by atomic mass is 16.5. The topological polar surface area (TPSA) is 75.8 Å². The van der Waals surface area contributed by atoms with Crippen molar-refractivity contribution in [3.63, 3.8) is 0 Å². The van der Waals surface area contributed by atoms with Crippen molar-refractivity contribution in [1.29, 1.82) is 0 Å². The lowest BCUT2D eigenvalue weighted by Gasteiger charge is -2.17. The molecule has 110 valence electrons. The Morgan fingerprint density at radius 3 is 2.62 bits per heavy atom. The number of ether oxygens (including phenoxy) is 1. The minimum absolute atomic E-state index is 0.0424. The maximum atomic E-state index is 12.0. The Morgan fingerprint density at radius 1 is 1.24 bits per heavy atom. The predicted molar refractivity (Wildman–Crippen MR) is 80.9 cm³/mol. The van der Waals surface area contributed by atoms with Crippen LogP contribution in [0.25, 0.3) is 0 Å². The molecular weight excluding hydrogens is 268 g/mol. The smallest absolute Gasteiger partial charge is 0.260 e. The Hall–Kier alpha value is -2.69. The standard InChI is InChI=1S/C16H18N2O3/c1-18(10-12-3-2-4-14(19)9-12)16(20)11-21-15-7-5-13(17)6-8-15/h2-9,19H,10-11,17H2,1H3. The summed E-state index contributed by atoms with van der Waals surface area (Å²) in [5.74, 6) is 0.643. The van der Waals surface area contributed by atoms with Crippen LogP contribution in [0, 0.1) is 0 Å². The van der Waals surface area contributed by atoms with E-state index in [2.05, 4.69) is 0 Å². The molecule has 0 radical (unpaired) electrons. The van der Waals surface area contributed by atoms with Gasteiger partial charge in [-0.1, -0.05) is 12.1 Å². The van der Waals surface area contributed by atoms with Gasteiger partial charge in [0.25, 0.3) is 5.91 Å². The Labute approximate surface area is 123 Å². The van der Waals surface area contributed by atoms with E-state index < -0.39 is 0 Å². The largest absolute Gasteiger partial charge is 0.508 e. The van der Waals surface area contributed by atoms with Gasteiger partial charge < -0.3 is 20.5 Å². The highest BCUT2D eigenvalue weighted by Gasteiger charge is 2.10. The van der Waals surface area contributed by atoms with E-state index in [1.807, 2.05) is 6.07 Å². The van der Waals surface area contributed by atoms with Crippen molar-refractivity contribution in [2.24, 2.45) is 0 Å². The molecule has 21 heavy (non-hydrogen) atoms. The van der Waals surface area contributed by atoms with Crippen LogP contribution in [0.3, 0.4) is 0 Å². The number of rotatable bonds is 5. The van der Waals surface area contributed by atoms with Crippen molar-refractivity contribution >= 4 is 11.6 Å². The van der Waals surface area contributed by atoms with Crippen LogP contribution in [0.5, 0.6) is 11.5 Å². The van der Waals surface area contributed by atoms with Crippen LogP contribution >= 0.6 is 0 Å². The van der Waals surface area contributed by atoms with Gasteiger partial charge in [0.1, 0.15) is 11.5 Å². The molecule has 2 aromatic rings. The molecule has 3 N–H and O–H groups in total. The summed E-state index contributed by atoms with van der Waals surface area (Å²) in [4.78, 5) is 13.5. The van der Waals surface area contributed by atoms with E-state index in [1.54, 1.807) is 54.4 Å². The number of amides is 1. The molecule has 5 nitrogen and oxygen atoms in total. The second-order valence-electron chi connectivity index (χ2n) is 4.78. The molecule has 0 heterocycles. The summed E-state index contributed by atoms with van der Waals surface area (Å²) >= 11 is 0. The van der Waals surface area contributed by atoms with Crippen LogP contribution in [0.2, 0.25) is 0 Å². The summed E-state index contributed by atoms with van der Waals surface area (Å²) in [6, 6.07) is 13.7. The monoisotopic (exact) mass is 286 g/mol. The molecule has 5 heteroatoms. The van der Waals surface area contributed by atoms with Gasteiger partial charge in [-0.25, -0.2) is 0 Å². The van der Waals surface area contributed by atoms with Crippen molar-refractivity contribution in [1.82, 2.24) is 4.90 Å². The Kier molecular flexibility index (Phi) is 4.66. The zero-order valence-electron chi connectivity index (χ0n) is 11.8. The van der Waals surface area contributed by atoms with Gasteiger partial charge in [0, 0.05) is 19.3 Å². The molecule has 0 fully saturated rings. The number of carbonyl (C=O) groups excluding carboxylic acids is 1. The molecule has 0 spiro atoms. The number of hydrogen-bond donors (Lipinski definition) is 2. The quantitative estimate of drug-likeness (QED) is 0.824. The Morgan fingerprint density at radius 2 is 1.95 bits per heavy atom. The molecule has 0 aromatic heterocycles. The predicted octanol–water partition coefficient (Wildman–Crippen LogP) is 2.01. The fourth-order valence-electron chi connectivity index (χ4n) is 1.84. The average molecular weight is 286 g/mol. The molecule has 0 aliphatic rings. The maximum absolute atomic E-state index is 12.0. The van der Waals surface area contributed by atoms with Crippen LogP contribution in [0.1, 0.15) is 5.56 Å². The summed E-state index contributed by atoms with van der Waals surface area (Å²) in [5.41, 5.74) is 7.09. The molecule has 2 aromatic carbocycles. The fraction of sp³-hybridized carbons (Fsp3) is 0.188. The number of nitrogens with two attached hydrogens (primary N) is 1. The third-order valence-electron chi connectivity index (χ3n) is 3.00. The Balaban J connectivity index is 1.86. The molecule has 2 rings (SSSR count). The number of phenols is 1. The van der Waals surface area contributed by atoms with E-state index in [9.17, 15) is 9.90 Å². The average Bonchev–Trinajstić information content (AvgIpc) is 2.46. The summed E-state index contributed by atoms with van der Waals surface area (Å²) in [6.07, 6.45) is 0. The van der Waals surface area contributed by atoms with E-state index in [0.717, 1.165) is 5.56 Å². The first-order chi connectivity index (χ1) is 10.0. The molecule has 0 saturated carbocycles. The van der Waals surface area contributed by atoms with Crippen LogP contribution in [0.4, 0.5) is 5.69 Å².